The van der Waals surface area contributed by atoms with Crippen molar-refractivity contribution in [2.24, 2.45) is 0 Å². The smallest absolute Gasteiger partial charge is 0.337 e. The maximum absolute atomic E-state index is 12.2. The second kappa shape index (κ2) is 8.16. The molecule has 4 heteroatoms. The Hall–Kier alpha value is -4.44. The molecule has 4 nitrogen and oxygen atoms in total. The lowest BCUT2D eigenvalue weighted by Crippen LogP contribution is -2.04. The largest absolute Gasteiger partial charge is 0.465 e. The van der Waals surface area contributed by atoms with Crippen molar-refractivity contribution >= 4 is 38.5 Å². The average Bonchev–Trinajstić information content (AvgIpc) is 3.25. The molecule has 1 heterocycles. The van der Waals surface area contributed by atoms with Crippen LogP contribution in [-0.4, -0.2) is 22.6 Å². The summed E-state index contributed by atoms with van der Waals surface area (Å²) in [6, 6.07) is 35.1. The standard InChI is InChI=1S/C30H22N2O2/c1-34-30(33)22-16-17-28-27(18-22)31-29(26-15-7-11-21-9-3-5-14-25(21)26)32(28)19-23-12-6-10-20-8-2-4-13-24(20)23/h2-18H,19H2,1H3. The molecule has 0 radical (unpaired) electrons. The fourth-order valence-corrected chi connectivity index (χ4v) is 4.76. The minimum absolute atomic E-state index is 0.364. The van der Waals surface area contributed by atoms with Gasteiger partial charge in [-0.3, -0.25) is 0 Å². The van der Waals surface area contributed by atoms with Gasteiger partial charge < -0.3 is 9.30 Å². The summed E-state index contributed by atoms with van der Waals surface area (Å²) in [7, 11) is 1.40. The molecule has 0 unspecified atom stereocenters. The molecular formula is C30H22N2O2. The van der Waals surface area contributed by atoms with E-state index in [9.17, 15) is 4.79 Å². The summed E-state index contributed by atoms with van der Waals surface area (Å²) >= 11 is 0. The van der Waals surface area contributed by atoms with Crippen LogP contribution in [0.3, 0.4) is 0 Å². The SMILES string of the molecule is COC(=O)c1ccc2c(c1)nc(-c1cccc3ccccc13)n2Cc1cccc2ccccc12. The first kappa shape index (κ1) is 20.2. The fraction of sp³-hybridized carbons (Fsp3) is 0.0667. The van der Waals surface area contributed by atoms with Gasteiger partial charge in [-0.15, -0.1) is 0 Å². The van der Waals surface area contributed by atoms with Gasteiger partial charge in [-0.2, -0.15) is 0 Å². The van der Waals surface area contributed by atoms with Crippen molar-refractivity contribution in [1.29, 1.82) is 0 Å². The number of nitrogens with zero attached hydrogens (tertiary/aromatic N) is 2. The van der Waals surface area contributed by atoms with E-state index in [1.165, 1.54) is 28.8 Å². The van der Waals surface area contributed by atoms with Crippen molar-refractivity contribution in [2.45, 2.75) is 6.54 Å². The molecule has 1 aromatic heterocycles. The molecule has 0 N–H and O–H groups in total. The number of aromatic nitrogens is 2. The first-order valence-electron chi connectivity index (χ1n) is 11.3. The third-order valence-electron chi connectivity index (χ3n) is 6.41. The van der Waals surface area contributed by atoms with E-state index in [4.69, 9.17) is 9.72 Å². The minimum atomic E-state index is -0.364. The summed E-state index contributed by atoms with van der Waals surface area (Å²) in [6.45, 7) is 0.661. The average molecular weight is 443 g/mol. The van der Waals surface area contributed by atoms with Crippen LogP contribution in [0, 0.1) is 0 Å². The molecule has 0 aliphatic heterocycles. The van der Waals surface area contributed by atoms with Gasteiger partial charge in [0.25, 0.3) is 0 Å². The van der Waals surface area contributed by atoms with Gasteiger partial charge >= 0.3 is 5.97 Å². The number of ether oxygens (including phenoxy) is 1. The van der Waals surface area contributed by atoms with E-state index in [2.05, 4.69) is 83.4 Å². The van der Waals surface area contributed by atoms with E-state index in [1.807, 2.05) is 24.3 Å². The number of carbonyl (C=O) groups excluding carboxylic acids is 1. The van der Waals surface area contributed by atoms with Crippen LogP contribution in [0.5, 0.6) is 0 Å². The number of methoxy groups -OCH3 is 1. The van der Waals surface area contributed by atoms with Gasteiger partial charge in [0.15, 0.2) is 0 Å². The Morgan fingerprint density at radius 1 is 0.794 bits per heavy atom. The molecule has 0 saturated heterocycles. The lowest BCUT2D eigenvalue weighted by molar-refractivity contribution is 0.0601. The van der Waals surface area contributed by atoms with Crippen molar-refractivity contribution < 1.29 is 9.53 Å². The predicted molar refractivity (Wildman–Crippen MR) is 137 cm³/mol. The molecule has 6 rings (SSSR count). The Bertz CT molecular complexity index is 1690. The molecule has 0 aliphatic rings. The Kier molecular flexibility index (Phi) is 4.84. The molecule has 0 aliphatic carbocycles. The summed E-state index contributed by atoms with van der Waals surface area (Å²) in [6.07, 6.45) is 0. The number of benzene rings is 5. The Labute approximate surface area is 197 Å². The number of hydrogen-bond donors (Lipinski definition) is 0. The number of rotatable bonds is 4. The first-order chi connectivity index (χ1) is 16.7. The summed E-state index contributed by atoms with van der Waals surface area (Å²) in [4.78, 5) is 17.2. The van der Waals surface area contributed by atoms with Crippen molar-refractivity contribution in [1.82, 2.24) is 9.55 Å². The van der Waals surface area contributed by atoms with E-state index in [-0.39, 0.29) is 5.97 Å². The van der Waals surface area contributed by atoms with Gasteiger partial charge in [-0.1, -0.05) is 84.9 Å². The topological polar surface area (TPSA) is 44.1 Å². The number of hydrogen-bond acceptors (Lipinski definition) is 3. The van der Waals surface area contributed by atoms with Crippen molar-refractivity contribution in [3.63, 3.8) is 0 Å². The zero-order valence-electron chi connectivity index (χ0n) is 18.7. The van der Waals surface area contributed by atoms with Crippen LogP contribution in [-0.2, 0) is 11.3 Å². The van der Waals surface area contributed by atoms with Gasteiger partial charge in [0.05, 0.1) is 30.3 Å². The normalized spacial score (nSPS) is 11.3. The third kappa shape index (κ3) is 3.32. The van der Waals surface area contributed by atoms with Crippen LogP contribution in [0.1, 0.15) is 15.9 Å². The van der Waals surface area contributed by atoms with Crippen molar-refractivity contribution in [2.75, 3.05) is 7.11 Å². The Balaban J connectivity index is 1.62. The van der Waals surface area contributed by atoms with Crippen LogP contribution in [0.4, 0.5) is 0 Å². The molecule has 6 aromatic rings. The molecule has 0 fully saturated rings. The second-order valence-electron chi connectivity index (χ2n) is 8.38. The number of esters is 1. The summed E-state index contributed by atoms with van der Waals surface area (Å²) in [5, 5.41) is 4.75. The van der Waals surface area contributed by atoms with Crippen LogP contribution < -0.4 is 0 Å². The molecular weight excluding hydrogens is 420 g/mol. The number of carbonyl (C=O) groups is 1. The van der Waals surface area contributed by atoms with E-state index in [0.717, 1.165) is 27.8 Å². The summed E-state index contributed by atoms with van der Waals surface area (Å²) in [5.41, 5.74) is 4.52. The molecule has 0 amide bonds. The number of fused-ring (bicyclic) bond motifs is 3. The second-order valence-corrected chi connectivity index (χ2v) is 8.38. The third-order valence-corrected chi connectivity index (χ3v) is 6.41. The van der Waals surface area contributed by atoms with Crippen LogP contribution in [0.15, 0.2) is 103 Å². The molecule has 0 spiro atoms. The zero-order chi connectivity index (χ0) is 23.1. The Morgan fingerprint density at radius 3 is 2.26 bits per heavy atom. The quantitative estimate of drug-likeness (QED) is 0.281. The molecule has 0 bridgehead atoms. The van der Waals surface area contributed by atoms with Gasteiger partial charge in [0, 0.05) is 5.56 Å². The lowest BCUT2D eigenvalue weighted by Gasteiger charge is -2.13. The highest BCUT2D eigenvalue weighted by atomic mass is 16.5. The summed E-state index contributed by atoms with van der Waals surface area (Å²) in [5.74, 6) is 0.513. The molecule has 34 heavy (non-hydrogen) atoms. The Morgan fingerprint density at radius 2 is 1.47 bits per heavy atom. The highest BCUT2D eigenvalue weighted by Gasteiger charge is 2.18. The molecule has 0 atom stereocenters. The van der Waals surface area contributed by atoms with Crippen LogP contribution in [0.2, 0.25) is 0 Å². The minimum Gasteiger partial charge on any atom is -0.465 e. The molecule has 0 saturated carbocycles. The number of imidazole rings is 1. The van der Waals surface area contributed by atoms with Crippen LogP contribution >= 0.6 is 0 Å². The van der Waals surface area contributed by atoms with Gasteiger partial charge in [0.1, 0.15) is 5.82 Å². The van der Waals surface area contributed by atoms with E-state index in [0.29, 0.717) is 12.1 Å². The van der Waals surface area contributed by atoms with Crippen LogP contribution in [0.25, 0.3) is 44.0 Å². The fourth-order valence-electron chi connectivity index (χ4n) is 4.76. The molecule has 164 valence electrons. The van der Waals surface area contributed by atoms with Crippen molar-refractivity contribution in [3.8, 4) is 11.4 Å². The van der Waals surface area contributed by atoms with Gasteiger partial charge in [-0.05, 0) is 45.3 Å². The van der Waals surface area contributed by atoms with Gasteiger partial charge in [-0.25, -0.2) is 9.78 Å². The highest BCUT2D eigenvalue weighted by Crippen LogP contribution is 2.33. The first-order valence-corrected chi connectivity index (χ1v) is 11.3. The van der Waals surface area contributed by atoms with Gasteiger partial charge in [0.2, 0.25) is 0 Å². The monoisotopic (exact) mass is 442 g/mol. The summed E-state index contributed by atoms with van der Waals surface area (Å²) < 4.78 is 7.18. The van der Waals surface area contributed by atoms with Crippen molar-refractivity contribution in [3.05, 3.63) is 114 Å². The maximum atomic E-state index is 12.2. The molecule has 5 aromatic carbocycles. The zero-order valence-corrected chi connectivity index (χ0v) is 18.7. The lowest BCUT2D eigenvalue weighted by atomic mass is 10.0. The maximum Gasteiger partial charge on any atom is 0.337 e. The highest BCUT2D eigenvalue weighted by molar-refractivity contribution is 5.98. The van der Waals surface area contributed by atoms with E-state index >= 15 is 0 Å². The van der Waals surface area contributed by atoms with E-state index in [1.54, 1.807) is 0 Å². The predicted octanol–water partition coefficient (Wildman–Crippen LogP) is 6.84. The van der Waals surface area contributed by atoms with E-state index < -0.39 is 0 Å².